The fourth-order valence-electron chi connectivity index (χ4n) is 2.88. The quantitative estimate of drug-likeness (QED) is 0.839. The highest BCUT2D eigenvalue weighted by Crippen LogP contribution is 2.41. The molecule has 2 atom stereocenters. The normalized spacial score (nSPS) is 20.8. The van der Waals surface area contributed by atoms with Gasteiger partial charge in [0.05, 0.1) is 0 Å². The van der Waals surface area contributed by atoms with Gasteiger partial charge in [-0.25, -0.2) is 0 Å². The monoisotopic (exact) mass is 345 g/mol. The van der Waals surface area contributed by atoms with Crippen molar-refractivity contribution in [3.63, 3.8) is 0 Å². The van der Waals surface area contributed by atoms with E-state index < -0.39 is 0 Å². The first-order valence-electron chi connectivity index (χ1n) is 7.29. The predicted octanol–water partition coefficient (Wildman–Crippen LogP) is 4.85. The average Bonchev–Trinajstić information content (AvgIpc) is 2.49. The molecule has 2 nitrogen and oxygen atoms in total. The zero-order valence-electron chi connectivity index (χ0n) is 12.6. The molecule has 1 N–H and O–H groups in total. The molecule has 0 amide bonds. The molecule has 0 aliphatic carbocycles. The number of hydrogen-bond donors (Lipinski definition) is 1. The smallest absolute Gasteiger partial charge is 0.126 e. The van der Waals surface area contributed by atoms with Crippen LogP contribution < -0.4 is 10.1 Å². The maximum Gasteiger partial charge on any atom is 0.126 e. The van der Waals surface area contributed by atoms with Crippen LogP contribution in [0.1, 0.15) is 40.8 Å². The minimum atomic E-state index is 0.107. The van der Waals surface area contributed by atoms with E-state index in [2.05, 4.69) is 65.4 Å². The summed E-state index contributed by atoms with van der Waals surface area (Å²) in [4.78, 5) is 0. The third-order valence-corrected chi connectivity index (χ3v) is 4.81. The number of benzene rings is 2. The fraction of sp³-hybridized carbons (Fsp3) is 0.333. The van der Waals surface area contributed by atoms with Crippen molar-refractivity contribution in [1.29, 1.82) is 0 Å². The summed E-state index contributed by atoms with van der Waals surface area (Å²) in [5.74, 6) is 0.979. The van der Waals surface area contributed by atoms with Gasteiger partial charge in [0.15, 0.2) is 0 Å². The molecule has 0 fully saturated rings. The molecular weight excluding hydrogens is 326 g/mol. The van der Waals surface area contributed by atoms with Crippen molar-refractivity contribution in [3.05, 3.63) is 63.1 Å². The summed E-state index contributed by atoms with van der Waals surface area (Å²) >= 11 is 3.54. The Balaban J connectivity index is 1.96. The first kappa shape index (κ1) is 14.6. The van der Waals surface area contributed by atoms with Crippen molar-refractivity contribution in [1.82, 2.24) is 5.32 Å². The van der Waals surface area contributed by atoms with Gasteiger partial charge < -0.3 is 10.1 Å². The van der Waals surface area contributed by atoms with Crippen LogP contribution in [0.2, 0.25) is 0 Å². The van der Waals surface area contributed by atoms with Gasteiger partial charge in [0.1, 0.15) is 11.9 Å². The number of halogens is 1. The molecule has 2 aromatic rings. The number of aryl methyl sites for hydroxylation is 2. The first-order valence-corrected chi connectivity index (χ1v) is 8.08. The predicted molar refractivity (Wildman–Crippen MR) is 89.8 cm³/mol. The lowest BCUT2D eigenvalue weighted by atomic mass is 9.92. The molecule has 0 aromatic heterocycles. The van der Waals surface area contributed by atoms with E-state index in [9.17, 15) is 0 Å². The van der Waals surface area contributed by atoms with Crippen LogP contribution >= 0.6 is 15.9 Å². The van der Waals surface area contributed by atoms with E-state index in [1.807, 2.05) is 13.1 Å². The molecule has 0 saturated heterocycles. The number of nitrogens with one attached hydrogen (secondary N) is 1. The van der Waals surface area contributed by atoms with Gasteiger partial charge in [0, 0.05) is 22.5 Å². The van der Waals surface area contributed by atoms with Gasteiger partial charge in [-0.05, 0) is 55.8 Å². The van der Waals surface area contributed by atoms with Crippen LogP contribution in [0, 0.1) is 13.8 Å². The molecule has 3 rings (SSSR count). The molecule has 0 radical (unpaired) electrons. The molecule has 3 heteroatoms. The number of hydrogen-bond acceptors (Lipinski definition) is 2. The van der Waals surface area contributed by atoms with Crippen molar-refractivity contribution < 1.29 is 4.74 Å². The highest BCUT2D eigenvalue weighted by Gasteiger charge is 2.28. The van der Waals surface area contributed by atoms with Crippen LogP contribution in [-0.2, 0) is 0 Å². The lowest BCUT2D eigenvalue weighted by molar-refractivity contribution is 0.154. The molecule has 1 heterocycles. The van der Waals surface area contributed by atoms with Crippen molar-refractivity contribution in [3.8, 4) is 5.75 Å². The van der Waals surface area contributed by atoms with Gasteiger partial charge in [-0.15, -0.1) is 0 Å². The Morgan fingerprint density at radius 2 is 1.90 bits per heavy atom. The van der Waals surface area contributed by atoms with Gasteiger partial charge in [-0.1, -0.05) is 34.1 Å². The second-order valence-corrected chi connectivity index (χ2v) is 6.62. The molecule has 110 valence electrons. The van der Waals surface area contributed by atoms with Crippen LogP contribution in [-0.4, -0.2) is 7.05 Å². The van der Waals surface area contributed by atoms with E-state index in [0.29, 0.717) is 6.04 Å². The number of fused-ring (bicyclic) bond motifs is 1. The van der Waals surface area contributed by atoms with E-state index in [1.54, 1.807) is 0 Å². The van der Waals surface area contributed by atoms with Crippen LogP contribution in [0.25, 0.3) is 0 Å². The standard InChI is InChI=1S/C18H20BrNO/c1-11-4-5-13(8-12(11)2)18-10-16(20-3)15-9-14(19)6-7-17(15)21-18/h4-9,16,18,20H,10H2,1-3H3. The summed E-state index contributed by atoms with van der Waals surface area (Å²) < 4.78 is 7.33. The molecule has 0 bridgehead atoms. The Kier molecular flexibility index (Phi) is 4.05. The van der Waals surface area contributed by atoms with Crippen LogP contribution in [0.3, 0.4) is 0 Å². The van der Waals surface area contributed by atoms with Crippen molar-refractivity contribution >= 4 is 15.9 Å². The summed E-state index contributed by atoms with van der Waals surface area (Å²) in [6.45, 7) is 4.30. The molecule has 0 spiro atoms. The van der Waals surface area contributed by atoms with E-state index in [4.69, 9.17) is 4.74 Å². The SMILES string of the molecule is CNC1CC(c2ccc(C)c(C)c2)Oc2ccc(Br)cc21. The summed E-state index contributed by atoms with van der Waals surface area (Å²) in [6.07, 6.45) is 1.05. The topological polar surface area (TPSA) is 21.3 Å². The van der Waals surface area contributed by atoms with Crippen LogP contribution in [0.5, 0.6) is 5.75 Å². The second kappa shape index (κ2) is 5.82. The molecule has 2 aromatic carbocycles. The zero-order valence-corrected chi connectivity index (χ0v) is 14.2. The van der Waals surface area contributed by atoms with E-state index in [1.165, 1.54) is 22.3 Å². The van der Waals surface area contributed by atoms with Crippen molar-refractivity contribution in [2.45, 2.75) is 32.4 Å². The van der Waals surface area contributed by atoms with Gasteiger partial charge in [0.2, 0.25) is 0 Å². The third kappa shape index (κ3) is 2.85. The minimum absolute atomic E-state index is 0.107. The summed E-state index contributed by atoms with van der Waals surface area (Å²) in [5.41, 5.74) is 5.13. The van der Waals surface area contributed by atoms with Crippen LogP contribution in [0.15, 0.2) is 40.9 Å². The fourth-order valence-corrected chi connectivity index (χ4v) is 3.26. The number of ether oxygens (including phenoxy) is 1. The lowest BCUT2D eigenvalue weighted by Gasteiger charge is -2.32. The highest BCUT2D eigenvalue weighted by atomic mass is 79.9. The minimum Gasteiger partial charge on any atom is -0.485 e. The van der Waals surface area contributed by atoms with Gasteiger partial charge in [-0.2, -0.15) is 0 Å². The van der Waals surface area contributed by atoms with Gasteiger partial charge in [-0.3, -0.25) is 0 Å². The van der Waals surface area contributed by atoms with Crippen molar-refractivity contribution in [2.24, 2.45) is 0 Å². The number of rotatable bonds is 2. The Bertz CT molecular complexity index is 668. The van der Waals surface area contributed by atoms with Gasteiger partial charge in [0.25, 0.3) is 0 Å². The Morgan fingerprint density at radius 3 is 2.62 bits per heavy atom. The lowest BCUT2D eigenvalue weighted by Crippen LogP contribution is -2.26. The largest absolute Gasteiger partial charge is 0.485 e. The van der Waals surface area contributed by atoms with Crippen molar-refractivity contribution in [2.75, 3.05) is 7.05 Å². The van der Waals surface area contributed by atoms with E-state index >= 15 is 0 Å². The Morgan fingerprint density at radius 1 is 1.10 bits per heavy atom. The third-order valence-electron chi connectivity index (χ3n) is 4.32. The van der Waals surface area contributed by atoms with Gasteiger partial charge >= 0.3 is 0 Å². The molecule has 0 saturated carbocycles. The molecule has 2 unspecified atom stereocenters. The summed E-state index contributed by atoms with van der Waals surface area (Å²) in [6, 6.07) is 13.2. The van der Waals surface area contributed by atoms with E-state index in [-0.39, 0.29) is 6.10 Å². The maximum atomic E-state index is 6.24. The summed E-state index contributed by atoms with van der Waals surface area (Å²) in [7, 11) is 2.01. The maximum absolute atomic E-state index is 6.24. The Labute approximate surface area is 134 Å². The van der Waals surface area contributed by atoms with Crippen LogP contribution in [0.4, 0.5) is 0 Å². The van der Waals surface area contributed by atoms with E-state index in [0.717, 1.165) is 16.6 Å². The molecule has 1 aliphatic heterocycles. The highest BCUT2D eigenvalue weighted by molar-refractivity contribution is 9.10. The Hall–Kier alpha value is -1.32. The zero-order chi connectivity index (χ0) is 15.0. The molecule has 21 heavy (non-hydrogen) atoms. The average molecular weight is 346 g/mol. The molecular formula is C18H20BrNO. The first-order chi connectivity index (χ1) is 10.1. The summed E-state index contributed by atoms with van der Waals surface area (Å²) in [5, 5.41) is 3.41. The second-order valence-electron chi connectivity index (χ2n) is 5.71. The molecule has 1 aliphatic rings.